The van der Waals surface area contributed by atoms with Gasteiger partial charge in [0.05, 0.1) is 6.61 Å². The summed E-state index contributed by atoms with van der Waals surface area (Å²) in [6.45, 7) is 8.57. The molecule has 0 aromatic carbocycles. The van der Waals surface area contributed by atoms with Gasteiger partial charge in [0.15, 0.2) is 15.2 Å². The lowest BCUT2D eigenvalue weighted by molar-refractivity contribution is 0.0810. The number of hydrogen-bond acceptors (Lipinski definition) is 7. The van der Waals surface area contributed by atoms with Gasteiger partial charge in [-0.3, -0.25) is 0 Å². The minimum Gasteiger partial charge on any atom is -0.465 e. The van der Waals surface area contributed by atoms with E-state index in [1.165, 1.54) is 4.90 Å². The molecule has 2 N–H and O–H groups in total. The predicted octanol–water partition coefficient (Wildman–Crippen LogP) is 2.57. The van der Waals surface area contributed by atoms with E-state index in [9.17, 15) is 15.0 Å². The number of halogens is 1. The van der Waals surface area contributed by atoms with E-state index in [1.807, 2.05) is 0 Å². The molecule has 10 nitrogen and oxygen atoms in total. The molecular weight excluding hydrogens is 531 g/mol. The van der Waals surface area contributed by atoms with Crippen molar-refractivity contribution in [2.45, 2.75) is 63.9 Å². The molecule has 0 radical (unpaired) electrons. The van der Waals surface area contributed by atoms with Crippen molar-refractivity contribution in [2.24, 2.45) is 0 Å². The van der Waals surface area contributed by atoms with Crippen LogP contribution in [0, 0.1) is 3.70 Å². The molecule has 2 aliphatic rings. The number of anilines is 1. The average Bonchev–Trinajstić information content (AvgIpc) is 3.15. The van der Waals surface area contributed by atoms with Crippen molar-refractivity contribution in [3.63, 3.8) is 0 Å². The standard InChI is InChI=1S/C19H29IN6O4Si/c1-31(2,3)7-6-30-11-25-18-15(16(20)23-25)21-14(10-27)17(22-18)26-12-4-5-13(26)9-24(8-12)19(28)29/h12-13,27H,4-11H2,1-3H3,(H,28,29). The number of carbonyl (C=O) groups is 1. The first-order chi connectivity index (χ1) is 14.7. The SMILES string of the molecule is C[Si](C)(C)CCOCn1nc(I)c2nc(CO)c(N3C4CCC3CN(C(=O)O)C4)nc21. The quantitative estimate of drug-likeness (QED) is 0.302. The largest absolute Gasteiger partial charge is 0.465 e. The molecule has 0 saturated carbocycles. The van der Waals surface area contributed by atoms with Crippen LogP contribution >= 0.6 is 22.6 Å². The Hall–Kier alpha value is -1.51. The maximum atomic E-state index is 11.5. The van der Waals surface area contributed by atoms with Crippen LogP contribution < -0.4 is 4.90 Å². The van der Waals surface area contributed by atoms with Gasteiger partial charge in [-0.25, -0.2) is 19.4 Å². The normalized spacial score (nSPS) is 21.3. The summed E-state index contributed by atoms with van der Waals surface area (Å²) in [5, 5.41) is 24.0. The molecular formula is C19H29IN6O4Si. The van der Waals surface area contributed by atoms with E-state index in [-0.39, 0.29) is 18.7 Å². The number of hydrogen-bond donors (Lipinski definition) is 2. The van der Waals surface area contributed by atoms with Crippen LogP contribution in [-0.2, 0) is 18.1 Å². The lowest BCUT2D eigenvalue weighted by Gasteiger charge is -2.41. The molecule has 2 unspecified atom stereocenters. The molecule has 2 atom stereocenters. The van der Waals surface area contributed by atoms with Gasteiger partial charge < -0.3 is 24.7 Å². The number of aliphatic hydroxyl groups excluding tert-OH is 1. The highest BCUT2D eigenvalue weighted by Crippen LogP contribution is 2.36. The summed E-state index contributed by atoms with van der Waals surface area (Å²) in [6, 6.07) is 1.15. The number of likely N-dealkylation sites (tertiary alicyclic amines) is 1. The molecule has 4 rings (SSSR count). The Morgan fingerprint density at radius 2 is 1.90 bits per heavy atom. The van der Waals surface area contributed by atoms with E-state index in [2.05, 4.69) is 57.2 Å². The topological polar surface area (TPSA) is 117 Å². The van der Waals surface area contributed by atoms with Crippen LogP contribution in [0.5, 0.6) is 0 Å². The van der Waals surface area contributed by atoms with Crippen molar-refractivity contribution in [3.8, 4) is 0 Å². The first-order valence-corrected chi connectivity index (χ1v) is 15.3. The lowest BCUT2D eigenvalue weighted by Crippen LogP contribution is -2.55. The summed E-state index contributed by atoms with van der Waals surface area (Å²) < 4.78 is 8.33. The maximum absolute atomic E-state index is 11.5. The Morgan fingerprint density at radius 1 is 1.23 bits per heavy atom. The van der Waals surface area contributed by atoms with Crippen LogP contribution in [0.25, 0.3) is 11.2 Å². The third kappa shape index (κ3) is 4.66. The van der Waals surface area contributed by atoms with Crippen LogP contribution in [0.4, 0.5) is 10.6 Å². The van der Waals surface area contributed by atoms with E-state index < -0.39 is 14.2 Å². The molecule has 4 heterocycles. The number of aliphatic hydroxyl groups is 1. The number of ether oxygens (including phenoxy) is 1. The fraction of sp³-hybridized carbons (Fsp3) is 0.684. The van der Waals surface area contributed by atoms with Gasteiger partial charge in [-0.2, -0.15) is 5.10 Å². The summed E-state index contributed by atoms with van der Waals surface area (Å²) >= 11 is 2.13. The van der Waals surface area contributed by atoms with Crippen LogP contribution in [0.15, 0.2) is 0 Å². The van der Waals surface area contributed by atoms with Gasteiger partial charge >= 0.3 is 6.09 Å². The number of fused-ring (bicyclic) bond motifs is 3. The highest BCUT2D eigenvalue weighted by molar-refractivity contribution is 14.1. The van der Waals surface area contributed by atoms with Gasteiger partial charge in [0.1, 0.15) is 17.9 Å². The molecule has 0 spiro atoms. The molecule has 31 heavy (non-hydrogen) atoms. The zero-order chi connectivity index (χ0) is 22.3. The van der Waals surface area contributed by atoms with Crippen molar-refractivity contribution in [3.05, 3.63) is 9.39 Å². The second-order valence-electron chi connectivity index (χ2n) is 9.44. The minimum absolute atomic E-state index is 0.0373. The molecule has 2 aliphatic heterocycles. The number of rotatable bonds is 7. The van der Waals surface area contributed by atoms with Crippen LogP contribution in [0.3, 0.4) is 0 Å². The zero-order valence-electron chi connectivity index (χ0n) is 18.1. The summed E-state index contributed by atoms with van der Waals surface area (Å²) in [6.07, 6.45) is 0.911. The molecule has 170 valence electrons. The fourth-order valence-electron chi connectivity index (χ4n) is 4.31. The summed E-state index contributed by atoms with van der Waals surface area (Å²) in [5.74, 6) is 0.632. The Kier molecular flexibility index (Phi) is 6.43. The molecule has 12 heteroatoms. The van der Waals surface area contributed by atoms with Crippen molar-refractivity contribution < 1.29 is 19.7 Å². The number of piperazine rings is 1. The summed E-state index contributed by atoms with van der Waals surface area (Å²) in [5.41, 5.74) is 1.79. The first kappa shape index (κ1) is 22.7. The van der Waals surface area contributed by atoms with Gasteiger partial charge in [-0.1, -0.05) is 19.6 Å². The third-order valence-corrected chi connectivity index (χ3v) is 8.36. The Morgan fingerprint density at radius 3 is 2.48 bits per heavy atom. The number of aromatic nitrogens is 4. The molecule has 1 amide bonds. The van der Waals surface area contributed by atoms with Crippen molar-refractivity contribution >= 4 is 53.7 Å². The molecule has 2 saturated heterocycles. The average molecular weight is 560 g/mol. The van der Waals surface area contributed by atoms with Crippen LogP contribution in [-0.4, -0.2) is 80.8 Å². The highest BCUT2D eigenvalue weighted by atomic mass is 127. The second-order valence-corrected chi connectivity index (χ2v) is 16.1. The summed E-state index contributed by atoms with van der Waals surface area (Å²) in [7, 11) is -1.17. The van der Waals surface area contributed by atoms with Gasteiger partial charge in [0.2, 0.25) is 0 Å². The van der Waals surface area contributed by atoms with Gasteiger partial charge in [-0.05, 0) is 41.5 Å². The van der Waals surface area contributed by atoms with Crippen LogP contribution in [0.2, 0.25) is 25.7 Å². The zero-order valence-corrected chi connectivity index (χ0v) is 21.2. The molecule has 2 aromatic heterocycles. The fourth-order valence-corrected chi connectivity index (χ4v) is 5.69. The smallest absolute Gasteiger partial charge is 0.407 e. The van der Waals surface area contributed by atoms with Crippen molar-refractivity contribution in [1.29, 1.82) is 0 Å². The second kappa shape index (κ2) is 8.79. The van der Waals surface area contributed by atoms with E-state index in [0.29, 0.717) is 52.8 Å². The van der Waals surface area contributed by atoms with Gasteiger partial charge in [-0.15, -0.1) is 0 Å². The van der Waals surface area contributed by atoms with E-state index >= 15 is 0 Å². The minimum atomic E-state index is -1.17. The lowest BCUT2D eigenvalue weighted by atomic mass is 10.2. The number of amides is 1. The van der Waals surface area contributed by atoms with E-state index in [1.54, 1.807) is 4.68 Å². The Balaban J connectivity index is 1.63. The highest BCUT2D eigenvalue weighted by Gasteiger charge is 2.43. The van der Waals surface area contributed by atoms with Crippen molar-refractivity contribution in [2.75, 3.05) is 24.6 Å². The molecule has 2 fully saturated rings. The monoisotopic (exact) mass is 560 g/mol. The van der Waals surface area contributed by atoms with E-state index in [4.69, 9.17) is 9.72 Å². The molecule has 2 aromatic rings. The predicted molar refractivity (Wildman–Crippen MR) is 127 cm³/mol. The van der Waals surface area contributed by atoms with Crippen LogP contribution in [0.1, 0.15) is 18.5 Å². The Labute approximate surface area is 195 Å². The third-order valence-electron chi connectivity index (χ3n) is 5.93. The molecule has 2 bridgehead atoms. The number of carboxylic acid groups (broad SMARTS) is 1. The first-order valence-electron chi connectivity index (χ1n) is 10.6. The van der Waals surface area contributed by atoms with Crippen molar-refractivity contribution in [1.82, 2.24) is 24.6 Å². The molecule has 0 aliphatic carbocycles. The summed E-state index contributed by atoms with van der Waals surface area (Å²) in [4.78, 5) is 24.7. The Bertz CT molecular complexity index is 966. The van der Waals surface area contributed by atoms with Gasteiger partial charge in [0, 0.05) is 39.9 Å². The number of nitrogens with zero attached hydrogens (tertiary/aromatic N) is 6. The maximum Gasteiger partial charge on any atom is 0.407 e. The van der Waals surface area contributed by atoms with E-state index in [0.717, 1.165) is 18.9 Å². The van der Waals surface area contributed by atoms with Gasteiger partial charge in [0.25, 0.3) is 0 Å².